The van der Waals surface area contributed by atoms with E-state index in [0.717, 1.165) is 0 Å². The molecule has 0 fully saturated rings. The number of rotatable bonds is 3. The van der Waals surface area contributed by atoms with Crippen molar-refractivity contribution < 1.29 is 0 Å². The van der Waals surface area contributed by atoms with E-state index in [1.165, 1.54) is 0 Å². The van der Waals surface area contributed by atoms with Gasteiger partial charge in [0.1, 0.15) is 11.1 Å². The topological polar surface area (TPSA) is 40.3 Å². The molecule has 7 heteroatoms. The van der Waals surface area contributed by atoms with Gasteiger partial charge in [0.25, 0.3) is 0 Å². The Labute approximate surface area is 103 Å². The molecule has 1 aliphatic heterocycles. The standard InChI is InChI=1S/C8H14Cl2N4S/c1-5(2)14(6(3)4)15-12-7(9)11-8(10)13-15/h5-6H,1-4H3. The quantitative estimate of drug-likeness (QED) is 0.726. The number of hydrogen-bond acceptors (Lipinski definition) is 4. The van der Waals surface area contributed by atoms with Crippen LogP contribution in [0.25, 0.3) is 0 Å². The fourth-order valence-electron chi connectivity index (χ4n) is 1.34. The van der Waals surface area contributed by atoms with Crippen molar-refractivity contribution >= 4 is 44.9 Å². The van der Waals surface area contributed by atoms with Crippen molar-refractivity contribution in [3.8, 4) is 0 Å². The minimum Gasteiger partial charge on any atom is -0.218 e. The van der Waals surface area contributed by atoms with Crippen LogP contribution in [-0.2, 0) is 11.1 Å². The Balaban J connectivity index is 3.01. The minimum absolute atomic E-state index is 0.171. The largest absolute Gasteiger partial charge is 0.234 e. The molecule has 15 heavy (non-hydrogen) atoms. The molecule has 0 saturated carbocycles. The van der Waals surface area contributed by atoms with Gasteiger partial charge in [0.2, 0.25) is 10.6 Å². The molecular weight excluding hydrogens is 255 g/mol. The number of hydrogen-bond donors (Lipinski definition) is 0. The fourth-order valence-corrected chi connectivity index (χ4v) is 3.25. The second-order valence-electron chi connectivity index (χ2n) is 3.62. The minimum atomic E-state index is -0.651. The molecule has 1 aliphatic rings. The maximum atomic E-state index is 5.76. The van der Waals surface area contributed by atoms with E-state index in [0.29, 0.717) is 12.1 Å². The Morgan fingerprint density at radius 2 is 1.60 bits per heavy atom. The molecule has 0 aliphatic carbocycles. The SMILES string of the molecule is CC(C)N(C(C)C)S1=NC(Cl)=NC(Cl)=N1. The van der Waals surface area contributed by atoms with Gasteiger partial charge in [0.15, 0.2) is 0 Å². The summed E-state index contributed by atoms with van der Waals surface area (Å²) < 4.78 is 10.5. The van der Waals surface area contributed by atoms with Crippen LogP contribution in [0.4, 0.5) is 0 Å². The first-order chi connectivity index (χ1) is 6.91. The molecule has 1 unspecified atom stereocenters. The van der Waals surface area contributed by atoms with Crippen LogP contribution in [-0.4, -0.2) is 27.0 Å². The second-order valence-corrected chi connectivity index (χ2v) is 5.58. The molecule has 1 atom stereocenters. The summed E-state index contributed by atoms with van der Waals surface area (Å²) in [5.74, 6) is 0. The van der Waals surface area contributed by atoms with Crippen molar-refractivity contribution in [2.45, 2.75) is 39.8 Å². The maximum absolute atomic E-state index is 5.76. The molecule has 1 rings (SSSR count). The number of halogens is 2. The first-order valence-corrected chi connectivity index (χ1v) is 6.50. The van der Waals surface area contributed by atoms with Crippen molar-refractivity contribution in [2.24, 2.45) is 13.8 Å². The molecule has 0 radical (unpaired) electrons. The molecule has 0 saturated heterocycles. The van der Waals surface area contributed by atoms with Crippen molar-refractivity contribution in [1.29, 1.82) is 0 Å². The Hall–Kier alpha value is 0.0300. The predicted molar refractivity (Wildman–Crippen MR) is 68.5 cm³/mol. The fraction of sp³-hybridized carbons (Fsp3) is 0.750. The Morgan fingerprint density at radius 1 is 1.07 bits per heavy atom. The van der Waals surface area contributed by atoms with Gasteiger partial charge in [0.05, 0.1) is 0 Å². The summed E-state index contributed by atoms with van der Waals surface area (Å²) in [6, 6.07) is 0.653. The van der Waals surface area contributed by atoms with Gasteiger partial charge >= 0.3 is 0 Å². The summed E-state index contributed by atoms with van der Waals surface area (Å²) in [6.45, 7) is 8.36. The van der Waals surface area contributed by atoms with E-state index in [2.05, 4.69) is 45.8 Å². The van der Waals surface area contributed by atoms with E-state index < -0.39 is 11.1 Å². The van der Waals surface area contributed by atoms with Gasteiger partial charge in [-0.05, 0) is 50.9 Å². The average molecular weight is 269 g/mol. The highest BCUT2D eigenvalue weighted by Gasteiger charge is 2.21. The van der Waals surface area contributed by atoms with E-state index in [4.69, 9.17) is 23.2 Å². The van der Waals surface area contributed by atoms with E-state index in [-0.39, 0.29) is 10.6 Å². The molecular formula is C8H14Cl2N4S. The third-order valence-corrected chi connectivity index (χ3v) is 4.14. The van der Waals surface area contributed by atoms with Crippen LogP contribution in [0, 0.1) is 0 Å². The molecule has 0 N–H and O–H groups in total. The Morgan fingerprint density at radius 3 is 2.00 bits per heavy atom. The van der Waals surface area contributed by atoms with Crippen LogP contribution < -0.4 is 0 Å². The number of nitrogens with zero attached hydrogens (tertiary/aromatic N) is 4. The van der Waals surface area contributed by atoms with Gasteiger partial charge in [-0.25, -0.2) is 4.31 Å². The van der Waals surface area contributed by atoms with E-state index in [1.54, 1.807) is 0 Å². The molecule has 1 heterocycles. The van der Waals surface area contributed by atoms with Gasteiger partial charge in [-0.2, -0.15) is 13.8 Å². The van der Waals surface area contributed by atoms with Crippen molar-refractivity contribution in [3.63, 3.8) is 0 Å². The van der Waals surface area contributed by atoms with Crippen molar-refractivity contribution in [1.82, 2.24) is 4.31 Å². The van der Waals surface area contributed by atoms with Crippen LogP contribution in [0.15, 0.2) is 13.8 Å². The van der Waals surface area contributed by atoms with Crippen molar-refractivity contribution in [3.05, 3.63) is 0 Å². The molecule has 86 valence electrons. The normalized spacial score (nSPS) is 21.8. The summed E-state index contributed by atoms with van der Waals surface area (Å²) in [6.07, 6.45) is 0. The monoisotopic (exact) mass is 268 g/mol. The van der Waals surface area contributed by atoms with E-state index in [9.17, 15) is 0 Å². The highest BCUT2D eigenvalue weighted by molar-refractivity contribution is 7.84. The summed E-state index contributed by atoms with van der Waals surface area (Å²) in [5.41, 5.74) is 0. The zero-order valence-corrected chi connectivity index (χ0v) is 11.4. The summed E-state index contributed by atoms with van der Waals surface area (Å²) in [5, 5.41) is 0.342. The molecule has 0 spiro atoms. The Kier molecular flexibility index (Phi) is 4.70. The van der Waals surface area contributed by atoms with Crippen molar-refractivity contribution in [2.75, 3.05) is 0 Å². The molecule has 0 bridgehead atoms. The van der Waals surface area contributed by atoms with Gasteiger partial charge in [-0.3, -0.25) is 0 Å². The lowest BCUT2D eigenvalue weighted by Gasteiger charge is -2.29. The summed E-state index contributed by atoms with van der Waals surface area (Å²) in [7, 11) is 0. The highest BCUT2D eigenvalue weighted by atomic mass is 35.5. The van der Waals surface area contributed by atoms with Gasteiger partial charge in [0, 0.05) is 12.1 Å². The molecule has 4 nitrogen and oxygen atoms in total. The Bertz CT molecular complexity index is 325. The van der Waals surface area contributed by atoms with Crippen LogP contribution in [0.5, 0.6) is 0 Å². The number of amidine groups is 2. The average Bonchev–Trinajstić information content (AvgIpc) is 1.99. The zero-order chi connectivity index (χ0) is 11.6. The number of aliphatic imine (C=N–C) groups is 1. The maximum Gasteiger partial charge on any atom is 0.234 e. The summed E-state index contributed by atoms with van der Waals surface area (Å²) >= 11 is 10.9. The third-order valence-electron chi connectivity index (χ3n) is 1.70. The van der Waals surface area contributed by atoms with Crippen LogP contribution in [0.2, 0.25) is 0 Å². The molecule has 0 amide bonds. The third kappa shape index (κ3) is 3.52. The molecule has 0 aromatic heterocycles. The lowest BCUT2D eigenvalue weighted by molar-refractivity contribution is 0.331. The van der Waals surface area contributed by atoms with Gasteiger partial charge in [-0.1, -0.05) is 0 Å². The highest BCUT2D eigenvalue weighted by Crippen LogP contribution is 2.17. The zero-order valence-electron chi connectivity index (χ0n) is 9.11. The van der Waals surface area contributed by atoms with Crippen LogP contribution in [0.3, 0.4) is 0 Å². The second kappa shape index (κ2) is 5.39. The first kappa shape index (κ1) is 13.1. The van der Waals surface area contributed by atoms with Crippen LogP contribution in [0.1, 0.15) is 27.7 Å². The van der Waals surface area contributed by atoms with E-state index in [1.807, 2.05) is 0 Å². The lowest BCUT2D eigenvalue weighted by Crippen LogP contribution is -2.38. The van der Waals surface area contributed by atoms with Gasteiger partial charge < -0.3 is 0 Å². The first-order valence-electron chi connectivity index (χ1n) is 4.65. The van der Waals surface area contributed by atoms with Gasteiger partial charge in [-0.15, -0.1) is 0 Å². The summed E-state index contributed by atoms with van der Waals surface area (Å²) in [4.78, 5) is 3.75. The predicted octanol–water partition coefficient (Wildman–Crippen LogP) is 2.94. The van der Waals surface area contributed by atoms with E-state index >= 15 is 0 Å². The molecule has 0 aromatic rings. The smallest absolute Gasteiger partial charge is 0.218 e. The lowest BCUT2D eigenvalue weighted by atomic mass is 10.3. The van der Waals surface area contributed by atoms with Crippen LogP contribution >= 0.6 is 23.2 Å². The molecule has 0 aromatic carbocycles.